The molecule has 2 heterocycles. The van der Waals surface area contributed by atoms with E-state index in [9.17, 15) is 18.0 Å². The Balaban J connectivity index is 1.97. The first kappa shape index (κ1) is 16.3. The number of aromatic nitrogens is 4. The first-order chi connectivity index (χ1) is 10.8. The number of carbonyl (C=O) groups is 1. The van der Waals surface area contributed by atoms with Gasteiger partial charge in [-0.3, -0.25) is 14.7 Å². The summed E-state index contributed by atoms with van der Waals surface area (Å²) < 4.78 is 40.7. The molecule has 2 aromatic rings. The van der Waals surface area contributed by atoms with Gasteiger partial charge in [0.25, 0.3) is 0 Å². The third kappa shape index (κ3) is 4.00. The molecule has 0 atom stereocenters. The number of alkyl halides is 3. The Morgan fingerprint density at radius 2 is 2.22 bits per heavy atom. The topological polar surface area (TPSA) is 101 Å². The number of halogens is 3. The van der Waals surface area contributed by atoms with E-state index in [1.807, 2.05) is 6.07 Å². The van der Waals surface area contributed by atoms with Crippen LogP contribution in [0, 0.1) is 11.3 Å². The average molecular weight is 327 g/mol. The highest BCUT2D eigenvalue weighted by molar-refractivity contribution is 5.88. The molecule has 0 radical (unpaired) electrons. The maximum atomic E-state index is 12.8. The molecular weight excluding hydrogens is 315 g/mol. The van der Waals surface area contributed by atoms with Crippen LogP contribution in [0.25, 0.3) is 0 Å². The molecule has 2 rings (SSSR count). The lowest BCUT2D eigenvalue weighted by atomic mass is 10.2. The number of nitriles is 1. The predicted molar refractivity (Wildman–Crippen MR) is 71.9 cm³/mol. The summed E-state index contributed by atoms with van der Waals surface area (Å²) in [5.74, 6) is 0.179. The Morgan fingerprint density at radius 3 is 2.87 bits per heavy atom. The van der Waals surface area contributed by atoms with Gasteiger partial charge in [0.15, 0.2) is 5.82 Å². The van der Waals surface area contributed by atoms with Crippen molar-refractivity contribution in [3.63, 3.8) is 0 Å². The first-order valence-electron chi connectivity index (χ1n) is 6.34. The van der Waals surface area contributed by atoms with Crippen molar-refractivity contribution in [2.24, 2.45) is 7.05 Å². The Morgan fingerprint density at radius 1 is 1.48 bits per heavy atom. The van der Waals surface area contributed by atoms with Crippen molar-refractivity contribution >= 4 is 11.8 Å². The summed E-state index contributed by atoms with van der Waals surface area (Å²) in [6, 6.07) is 2.62. The fraction of sp³-hybridized carbons (Fsp3) is 0.333. The summed E-state index contributed by atoms with van der Waals surface area (Å²) in [7, 11) is 1.35. The molecule has 11 heteroatoms. The molecule has 0 spiro atoms. The van der Waals surface area contributed by atoms with Gasteiger partial charge in [-0.15, -0.1) is 0 Å². The van der Waals surface area contributed by atoms with Crippen LogP contribution in [0.2, 0.25) is 0 Å². The zero-order valence-corrected chi connectivity index (χ0v) is 11.9. The molecule has 0 aromatic carbocycles. The molecule has 0 saturated heterocycles. The number of carbonyl (C=O) groups excluding carboxylic acids is 1. The van der Waals surface area contributed by atoms with E-state index in [1.165, 1.54) is 24.0 Å². The predicted octanol–water partition coefficient (Wildman–Crippen LogP) is 1.48. The fourth-order valence-corrected chi connectivity index (χ4v) is 1.82. The highest BCUT2D eigenvalue weighted by Gasteiger charge is 2.35. The number of rotatable bonds is 4. The summed E-state index contributed by atoms with van der Waals surface area (Å²) in [5.41, 5.74) is -1.07. The van der Waals surface area contributed by atoms with Crippen molar-refractivity contribution in [3.8, 4) is 6.07 Å². The fourth-order valence-electron chi connectivity index (χ4n) is 1.82. The van der Waals surface area contributed by atoms with Gasteiger partial charge in [-0.25, -0.2) is 4.79 Å². The van der Waals surface area contributed by atoms with E-state index in [0.717, 1.165) is 4.68 Å². The zero-order valence-electron chi connectivity index (χ0n) is 11.9. The van der Waals surface area contributed by atoms with Crippen LogP contribution in [-0.4, -0.2) is 25.6 Å². The molecule has 0 bridgehead atoms. The van der Waals surface area contributed by atoms with Gasteiger partial charge in [0.05, 0.1) is 30.1 Å². The molecule has 2 N–H and O–H groups in total. The van der Waals surface area contributed by atoms with Gasteiger partial charge in [-0.2, -0.15) is 28.6 Å². The van der Waals surface area contributed by atoms with Gasteiger partial charge < -0.3 is 5.32 Å². The Hall–Kier alpha value is -3.03. The SMILES string of the molecule is Cn1ncc(C(F)(F)F)c1CNC(=O)Nc1ccn(CC#N)n1. The minimum atomic E-state index is -4.54. The lowest BCUT2D eigenvalue weighted by Gasteiger charge is -2.10. The number of aryl methyl sites for hydroxylation is 1. The summed E-state index contributed by atoms with van der Waals surface area (Å²) >= 11 is 0. The van der Waals surface area contributed by atoms with Crippen molar-refractivity contribution < 1.29 is 18.0 Å². The largest absolute Gasteiger partial charge is 0.419 e. The molecule has 0 saturated carbocycles. The molecule has 0 aliphatic carbocycles. The number of nitrogens with one attached hydrogen (secondary N) is 2. The Kier molecular flexibility index (Phi) is 4.54. The zero-order chi connectivity index (χ0) is 17.0. The third-order valence-electron chi connectivity index (χ3n) is 2.90. The van der Waals surface area contributed by atoms with Gasteiger partial charge in [0.1, 0.15) is 6.54 Å². The van der Waals surface area contributed by atoms with Crippen LogP contribution in [0.4, 0.5) is 23.8 Å². The maximum Gasteiger partial charge on any atom is 0.419 e. The van der Waals surface area contributed by atoms with Gasteiger partial charge in [0.2, 0.25) is 0 Å². The van der Waals surface area contributed by atoms with Gasteiger partial charge in [0, 0.05) is 19.3 Å². The minimum Gasteiger partial charge on any atom is -0.332 e. The second kappa shape index (κ2) is 6.39. The second-order valence-electron chi connectivity index (χ2n) is 4.49. The normalized spacial score (nSPS) is 11.1. The van der Waals surface area contributed by atoms with Gasteiger partial charge in [-0.05, 0) is 0 Å². The highest BCUT2D eigenvalue weighted by Crippen LogP contribution is 2.31. The van der Waals surface area contributed by atoms with Crippen LogP contribution >= 0.6 is 0 Å². The lowest BCUT2D eigenvalue weighted by molar-refractivity contribution is -0.138. The summed E-state index contributed by atoms with van der Waals surface area (Å²) in [4.78, 5) is 11.7. The molecular formula is C12H12F3N7O. The highest BCUT2D eigenvalue weighted by atomic mass is 19.4. The van der Waals surface area contributed by atoms with E-state index in [1.54, 1.807) is 0 Å². The monoisotopic (exact) mass is 327 g/mol. The number of anilines is 1. The van der Waals surface area contributed by atoms with Crippen LogP contribution in [0.3, 0.4) is 0 Å². The van der Waals surface area contributed by atoms with Crippen LogP contribution in [0.1, 0.15) is 11.3 Å². The number of hydrogen-bond acceptors (Lipinski definition) is 4. The molecule has 8 nitrogen and oxygen atoms in total. The average Bonchev–Trinajstić information content (AvgIpc) is 3.03. The van der Waals surface area contributed by atoms with Crippen LogP contribution in [0.5, 0.6) is 0 Å². The molecule has 0 aliphatic heterocycles. The van der Waals surface area contributed by atoms with Crippen molar-refractivity contribution in [2.45, 2.75) is 19.3 Å². The van der Waals surface area contributed by atoms with Crippen LogP contribution in [-0.2, 0) is 26.3 Å². The van der Waals surface area contributed by atoms with E-state index in [0.29, 0.717) is 6.20 Å². The summed E-state index contributed by atoms with van der Waals surface area (Å²) in [6.07, 6.45) is -2.35. The second-order valence-corrected chi connectivity index (χ2v) is 4.49. The minimum absolute atomic E-state index is 0.0211. The standard InChI is InChI=1S/C12H12F3N7O/c1-21-9(8(6-18-21)12(13,14)15)7-17-11(23)19-10-2-4-22(20-10)5-3-16/h2,4,6H,5,7H2,1H3,(H2,17,19,20,23). The van der Waals surface area contributed by atoms with E-state index >= 15 is 0 Å². The van der Waals surface area contributed by atoms with Crippen molar-refractivity contribution in [2.75, 3.05) is 5.32 Å². The summed E-state index contributed by atoms with van der Waals surface area (Å²) in [5, 5.41) is 20.6. The molecule has 0 fully saturated rings. The lowest BCUT2D eigenvalue weighted by Crippen LogP contribution is -2.30. The van der Waals surface area contributed by atoms with Gasteiger partial charge >= 0.3 is 12.2 Å². The molecule has 2 aromatic heterocycles. The van der Waals surface area contributed by atoms with E-state index in [4.69, 9.17) is 5.26 Å². The molecule has 0 unspecified atom stereocenters. The van der Waals surface area contributed by atoms with Crippen LogP contribution in [0.15, 0.2) is 18.5 Å². The first-order valence-corrected chi connectivity index (χ1v) is 6.34. The smallest absolute Gasteiger partial charge is 0.332 e. The number of nitrogens with zero attached hydrogens (tertiary/aromatic N) is 5. The van der Waals surface area contributed by atoms with E-state index in [2.05, 4.69) is 20.8 Å². The Bertz CT molecular complexity index is 741. The van der Waals surface area contributed by atoms with Gasteiger partial charge in [-0.1, -0.05) is 0 Å². The quantitative estimate of drug-likeness (QED) is 0.888. The third-order valence-corrected chi connectivity index (χ3v) is 2.90. The summed E-state index contributed by atoms with van der Waals surface area (Å²) in [6.45, 7) is -0.330. The van der Waals surface area contributed by atoms with Crippen LogP contribution < -0.4 is 10.6 Å². The number of urea groups is 1. The maximum absolute atomic E-state index is 12.8. The van der Waals surface area contributed by atoms with Crippen molar-refractivity contribution in [1.29, 1.82) is 5.26 Å². The van der Waals surface area contributed by atoms with E-state index in [-0.39, 0.29) is 24.6 Å². The number of amides is 2. The molecule has 2 amide bonds. The van der Waals surface area contributed by atoms with E-state index < -0.39 is 17.8 Å². The molecule has 0 aliphatic rings. The number of hydrogen-bond donors (Lipinski definition) is 2. The molecule has 23 heavy (non-hydrogen) atoms. The molecule has 122 valence electrons. The van der Waals surface area contributed by atoms with Crippen molar-refractivity contribution in [3.05, 3.63) is 29.7 Å². The Labute approximate surface area is 128 Å². The van der Waals surface area contributed by atoms with Crippen molar-refractivity contribution in [1.82, 2.24) is 24.9 Å².